The predicted molar refractivity (Wildman–Crippen MR) is 63.6 cm³/mol. The summed E-state index contributed by atoms with van der Waals surface area (Å²) in [4.78, 5) is 8.41. The molecule has 0 bridgehead atoms. The number of halogens is 1. The maximum atomic E-state index is 13.6. The first-order valence-corrected chi connectivity index (χ1v) is 5.86. The highest BCUT2D eigenvalue weighted by Gasteiger charge is 2.16. The summed E-state index contributed by atoms with van der Waals surface area (Å²) in [5.74, 6) is -0.759. The topological polar surface area (TPSA) is 81.3 Å². The second kappa shape index (κ2) is 4.42. The Labute approximate surface area is 101 Å². The van der Waals surface area contributed by atoms with E-state index in [1.54, 1.807) is 13.8 Å². The molecule has 0 amide bonds. The minimum atomic E-state index is -0.710. The molecule has 0 aromatic carbocycles. The number of nitrogens with two attached hydrogens (primary N) is 1. The van der Waals surface area contributed by atoms with Gasteiger partial charge >= 0.3 is 0 Å². The van der Waals surface area contributed by atoms with Crippen LogP contribution in [-0.2, 0) is 0 Å². The first kappa shape index (κ1) is 12.0. The van der Waals surface area contributed by atoms with Crippen LogP contribution in [-0.4, -0.2) is 27.3 Å². The zero-order valence-electron chi connectivity index (χ0n) is 9.35. The Morgan fingerprint density at radius 2 is 2.18 bits per heavy atom. The molecule has 0 aliphatic carbocycles. The van der Waals surface area contributed by atoms with E-state index in [2.05, 4.69) is 9.97 Å². The number of aromatic nitrogens is 2. The lowest BCUT2D eigenvalue weighted by Gasteiger charge is -2.16. The van der Waals surface area contributed by atoms with E-state index in [0.717, 1.165) is 11.3 Å². The van der Waals surface area contributed by atoms with Gasteiger partial charge in [-0.1, -0.05) is 11.3 Å². The molecule has 0 saturated heterocycles. The third kappa shape index (κ3) is 2.45. The smallest absolute Gasteiger partial charge is 0.252 e. The van der Waals surface area contributed by atoms with E-state index in [0.29, 0.717) is 15.5 Å². The average molecular weight is 257 g/mol. The molecule has 17 heavy (non-hydrogen) atoms. The van der Waals surface area contributed by atoms with Crippen molar-refractivity contribution in [2.45, 2.75) is 26.1 Å². The van der Waals surface area contributed by atoms with Crippen LogP contribution < -0.4 is 10.5 Å². The molecule has 0 radical (unpaired) electrons. The molecule has 2 heterocycles. The predicted octanol–water partition coefficient (Wildman–Crippen LogP) is 1.56. The van der Waals surface area contributed by atoms with E-state index in [9.17, 15) is 9.50 Å². The number of rotatable bonds is 3. The number of anilines is 1. The number of hydrogen-bond donors (Lipinski definition) is 2. The lowest BCUT2D eigenvalue weighted by atomic mass is 10.2. The number of nitrogen functional groups attached to an aromatic ring is 1. The van der Waals surface area contributed by atoms with Crippen molar-refractivity contribution in [2.75, 3.05) is 5.73 Å². The molecule has 2 rings (SSSR count). The number of nitrogens with zero attached hydrogens (tertiary/aromatic N) is 2. The van der Waals surface area contributed by atoms with Crippen molar-refractivity contribution in [1.29, 1.82) is 0 Å². The zero-order valence-corrected chi connectivity index (χ0v) is 10.2. The van der Waals surface area contributed by atoms with Gasteiger partial charge in [-0.2, -0.15) is 4.98 Å². The van der Waals surface area contributed by atoms with Gasteiger partial charge in [0.05, 0.1) is 6.10 Å². The number of aliphatic hydroxyl groups excluding tert-OH is 1. The average Bonchev–Trinajstić information content (AvgIpc) is 2.57. The van der Waals surface area contributed by atoms with Crippen molar-refractivity contribution < 1.29 is 14.2 Å². The van der Waals surface area contributed by atoms with Gasteiger partial charge in [0.15, 0.2) is 10.9 Å². The zero-order chi connectivity index (χ0) is 12.6. The van der Waals surface area contributed by atoms with Crippen LogP contribution >= 0.6 is 11.3 Å². The van der Waals surface area contributed by atoms with Crippen molar-refractivity contribution in [2.24, 2.45) is 0 Å². The minimum absolute atomic E-state index is 0.144. The van der Waals surface area contributed by atoms with Gasteiger partial charge in [-0.25, -0.2) is 9.37 Å². The van der Waals surface area contributed by atoms with Crippen LogP contribution in [0.5, 0.6) is 5.88 Å². The fourth-order valence-corrected chi connectivity index (χ4v) is 1.88. The molecular weight excluding hydrogens is 245 g/mol. The maximum Gasteiger partial charge on any atom is 0.252 e. The first-order chi connectivity index (χ1) is 7.97. The summed E-state index contributed by atoms with van der Waals surface area (Å²) in [6, 6.07) is 1.22. The third-order valence-corrected chi connectivity index (χ3v) is 3.09. The quantitative estimate of drug-likeness (QED) is 0.872. The van der Waals surface area contributed by atoms with E-state index in [1.807, 2.05) is 0 Å². The number of aliphatic hydroxyl groups is 1. The monoisotopic (exact) mass is 257 g/mol. The highest BCUT2D eigenvalue weighted by atomic mass is 32.1. The maximum absolute atomic E-state index is 13.6. The number of ether oxygens (including phenoxy) is 1. The van der Waals surface area contributed by atoms with Gasteiger partial charge < -0.3 is 15.6 Å². The summed E-state index contributed by atoms with van der Waals surface area (Å²) in [7, 11) is 0. The summed E-state index contributed by atoms with van der Waals surface area (Å²) in [6.07, 6.45) is -1.25. The number of pyridine rings is 1. The molecule has 92 valence electrons. The molecule has 0 spiro atoms. The molecule has 0 saturated carbocycles. The SMILES string of the molecule is C[C@H](Oc1nc2sc(N)nc2cc1F)[C@@H](C)O. The highest BCUT2D eigenvalue weighted by Crippen LogP contribution is 2.27. The summed E-state index contributed by atoms with van der Waals surface area (Å²) >= 11 is 1.16. The fraction of sp³-hybridized carbons (Fsp3) is 0.400. The Morgan fingerprint density at radius 1 is 1.47 bits per heavy atom. The summed E-state index contributed by atoms with van der Waals surface area (Å²) < 4.78 is 18.8. The molecule has 0 fully saturated rings. The van der Waals surface area contributed by atoms with Crippen LogP contribution in [0.25, 0.3) is 10.3 Å². The van der Waals surface area contributed by atoms with Gasteiger partial charge in [0.25, 0.3) is 5.88 Å². The van der Waals surface area contributed by atoms with Gasteiger partial charge in [0, 0.05) is 6.07 Å². The second-order valence-electron chi connectivity index (χ2n) is 3.72. The summed E-state index contributed by atoms with van der Waals surface area (Å²) in [5.41, 5.74) is 5.91. The molecular formula is C10H12FN3O2S. The molecule has 2 aromatic rings. The van der Waals surface area contributed by atoms with Gasteiger partial charge in [0.2, 0.25) is 0 Å². The molecule has 0 aliphatic rings. The van der Waals surface area contributed by atoms with Gasteiger partial charge in [-0.05, 0) is 13.8 Å². The van der Waals surface area contributed by atoms with Crippen LogP contribution in [0, 0.1) is 5.82 Å². The number of thiazole rings is 1. The third-order valence-electron chi connectivity index (χ3n) is 2.30. The van der Waals surface area contributed by atoms with Gasteiger partial charge in [0.1, 0.15) is 16.5 Å². The van der Waals surface area contributed by atoms with E-state index >= 15 is 0 Å². The molecule has 0 aliphatic heterocycles. The van der Waals surface area contributed by atoms with E-state index < -0.39 is 18.0 Å². The molecule has 5 nitrogen and oxygen atoms in total. The summed E-state index contributed by atoms with van der Waals surface area (Å²) in [5, 5.41) is 9.61. The molecule has 0 unspecified atom stereocenters. The van der Waals surface area contributed by atoms with Crippen molar-refractivity contribution in [1.82, 2.24) is 9.97 Å². The standard InChI is InChI=1S/C10H12FN3O2S/c1-4(15)5(2)16-8-6(11)3-7-9(14-8)17-10(12)13-7/h3-5,15H,1-2H3,(H2,12,13)/t4-,5+/m1/s1. The normalized spacial score (nSPS) is 14.8. The van der Waals surface area contributed by atoms with Crippen LogP contribution in [0.15, 0.2) is 6.07 Å². The van der Waals surface area contributed by atoms with Crippen molar-refractivity contribution in [3.8, 4) is 5.88 Å². The van der Waals surface area contributed by atoms with Crippen LogP contribution in [0.4, 0.5) is 9.52 Å². The Morgan fingerprint density at radius 3 is 2.82 bits per heavy atom. The summed E-state index contributed by atoms with van der Waals surface area (Å²) in [6.45, 7) is 3.20. The van der Waals surface area contributed by atoms with Crippen LogP contribution in [0.2, 0.25) is 0 Å². The minimum Gasteiger partial charge on any atom is -0.470 e. The van der Waals surface area contributed by atoms with Crippen molar-refractivity contribution in [3.05, 3.63) is 11.9 Å². The van der Waals surface area contributed by atoms with Crippen LogP contribution in [0.1, 0.15) is 13.8 Å². The second-order valence-corrected chi connectivity index (χ2v) is 4.72. The largest absolute Gasteiger partial charge is 0.470 e. The first-order valence-electron chi connectivity index (χ1n) is 5.04. The van der Waals surface area contributed by atoms with Gasteiger partial charge in [-0.3, -0.25) is 0 Å². The highest BCUT2D eigenvalue weighted by molar-refractivity contribution is 7.21. The Bertz CT molecular complexity index is 544. The van der Waals surface area contributed by atoms with Gasteiger partial charge in [-0.15, -0.1) is 0 Å². The molecule has 2 aromatic heterocycles. The number of fused-ring (bicyclic) bond motifs is 1. The Balaban J connectivity index is 2.36. The Kier molecular flexibility index (Phi) is 3.12. The van der Waals surface area contributed by atoms with E-state index in [1.165, 1.54) is 6.07 Å². The molecule has 2 atom stereocenters. The van der Waals surface area contributed by atoms with Crippen molar-refractivity contribution >= 4 is 26.8 Å². The molecule has 7 heteroatoms. The Hall–Kier alpha value is -1.47. The lowest BCUT2D eigenvalue weighted by Crippen LogP contribution is -2.26. The molecule has 3 N–H and O–H groups in total. The van der Waals surface area contributed by atoms with E-state index in [-0.39, 0.29) is 5.88 Å². The van der Waals surface area contributed by atoms with E-state index in [4.69, 9.17) is 10.5 Å². The van der Waals surface area contributed by atoms with Crippen molar-refractivity contribution in [3.63, 3.8) is 0 Å². The van der Waals surface area contributed by atoms with Crippen LogP contribution in [0.3, 0.4) is 0 Å². The fourth-order valence-electron chi connectivity index (χ4n) is 1.20. The number of hydrogen-bond acceptors (Lipinski definition) is 6. The lowest BCUT2D eigenvalue weighted by molar-refractivity contribution is 0.0549.